The van der Waals surface area contributed by atoms with Gasteiger partial charge in [-0.3, -0.25) is 4.90 Å². The Morgan fingerprint density at radius 1 is 1.50 bits per heavy atom. The minimum absolute atomic E-state index is 0.294. The fourth-order valence-corrected chi connectivity index (χ4v) is 1.63. The van der Waals surface area contributed by atoms with E-state index in [1.165, 1.54) is 0 Å². The van der Waals surface area contributed by atoms with Crippen molar-refractivity contribution >= 4 is 5.97 Å². The first kappa shape index (κ1) is 12.7. The summed E-state index contributed by atoms with van der Waals surface area (Å²) >= 11 is 0. The van der Waals surface area contributed by atoms with Crippen LogP contribution in [0.3, 0.4) is 0 Å². The molecule has 16 heavy (non-hydrogen) atoms. The Morgan fingerprint density at radius 2 is 2.19 bits per heavy atom. The van der Waals surface area contributed by atoms with Crippen molar-refractivity contribution in [2.45, 2.75) is 19.6 Å². The molecule has 0 aliphatic carbocycles. The Labute approximate surface area is 95.1 Å². The topological polar surface area (TPSA) is 60.8 Å². The second kappa shape index (κ2) is 5.63. The Morgan fingerprint density at radius 3 is 2.75 bits per heavy atom. The highest BCUT2D eigenvalue weighted by atomic mass is 16.4. The fraction of sp³-hybridized carbons (Fsp3) is 0.417. The summed E-state index contributed by atoms with van der Waals surface area (Å²) in [7, 11) is 1.89. The molecule has 0 fully saturated rings. The van der Waals surface area contributed by atoms with Crippen molar-refractivity contribution < 1.29 is 15.0 Å². The van der Waals surface area contributed by atoms with Crippen LogP contribution in [-0.4, -0.2) is 40.8 Å². The fourth-order valence-electron chi connectivity index (χ4n) is 1.63. The van der Waals surface area contributed by atoms with Crippen molar-refractivity contribution in [2.75, 3.05) is 13.6 Å². The number of rotatable bonds is 5. The third kappa shape index (κ3) is 4.00. The summed E-state index contributed by atoms with van der Waals surface area (Å²) in [6.07, 6.45) is -0.382. The van der Waals surface area contributed by atoms with Crippen LogP contribution in [0, 0.1) is 0 Å². The predicted octanol–water partition coefficient (Wildman–Crippen LogP) is 1.20. The van der Waals surface area contributed by atoms with Gasteiger partial charge in [0.15, 0.2) is 0 Å². The lowest BCUT2D eigenvalue weighted by Crippen LogP contribution is -2.26. The first-order valence-electron chi connectivity index (χ1n) is 5.18. The Balaban J connectivity index is 2.66. The van der Waals surface area contributed by atoms with Gasteiger partial charge in [0.2, 0.25) is 0 Å². The van der Waals surface area contributed by atoms with Gasteiger partial charge in [-0.05, 0) is 31.7 Å². The molecule has 0 radical (unpaired) electrons. The van der Waals surface area contributed by atoms with Gasteiger partial charge in [0, 0.05) is 13.1 Å². The van der Waals surface area contributed by atoms with Crippen LogP contribution in [0.15, 0.2) is 24.3 Å². The number of carboxylic acid groups (broad SMARTS) is 1. The predicted molar refractivity (Wildman–Crippen MR) is 61.4 cm³/mol. The Bertz CT molecular complexity index is 363. The number of aromatic carboxylic acids is 1. The average molecular weight is 223 g/mol. The van der Waals surface area contributed by atoms with Gasteiger partial charge >= 0.3 is 5.97 Å². The van der Waals surface area contributed by atoms with Crippen LogP contribution in [0.5, 0.6) is 0 Å². The largest absolute Gasteiger partial charge is 0.478 e. The molecule has 0 aliphatic rings. The maximum absolute atomic E-state index is 10.8. The molecule has 4 nitrogen and oxygen atoms in total. The Kier molecular flexibility index (Phi) is 4.46. The molecule has 0 bridgehead atoms. The molecule has 1 atom stereocenters. The summed E-state index contributed by atoms with van der Waals surface area (Å²) in [6, 6.07) is 6.83. The molecule has 0 saturated heterocycles. The van der Waals surface area contributed by atoms with Crippen LogP contribution in [0.25, 0.3) is 0 Å². The van der Waals surface area contributed by atoms with Gasteiger partial charge in [0.25, 0.3) is 0 Å². The molecule has 1 aromatic carbocycles. The normalized spacial score (nSPS) is 12.8. The smallest absolute Gasteiger partial charge is 0.335 e. The van der Waals surface area contributed by atoms with Crippen LogP contribution < -0.4 is 0 Å². The van der Waals surface area contributed by atoms with E-state index in [2.05, 4.69) is 0 Å². The van der Waals surface area contributed by atoms with Crippen molar-refractivity contribution in [2.24, 2.45) is 0 Å². The summed E-state index contributed by atoms with van der Waals surface area (Å²) in [5, 5.41) is 18.0. The van der Waals surface area contributed by atoms with E-state index in [1.807, 2.05) is 18.0 Å². The van der Waals surface area contributed by atoms with Gasteiger partial charge < -0.3 is 10.2 Å². The van der Waals surface area contributed by atoms with Gasteiger partial charge in [-0.2, -0.15) is 0 Å². The van der Waals surface area contributed by atoms with Crippen LogP contribution in [0.1, 0.15) is 22.8 Å². The lowest BCUT2D eigenvalue weighted by Gasteiger charge is -2.18. The number of aliphatic hydroxyl groups excluding tert-OH is 1. The van der Waals surface area contributed by atoms with Crippen LogP contribution in [0.4, 0.5) is 0 Å². The second-order valence-electron chi connectivity index (χ2n) is 4.05. The summed E-state index contributed by atoms with van der Waals surface area (Å²) < 4.78 is 0. The quantitative estimate of drug-likeness (QED) is 0.787. The molecular weight excluding hydrogens is 206 g/mol. The average Bonchev–Trinajstić information content (AvgIpc) is 2.16. The zero-order valence-electron chi connectivity index (χ0n) is 9.55. The van der Waals surface area contributed by atoms with E-state index in [1.54, 1.807) is 25.1 Å². The summed E-state index contributed by atoms with van der Waals surface area (Å²) in [5.74, 6) is -0.917. The molecule has 0 spiro atoms. The molecule has 1 unspecified atom stereocenters. The van der Waals surface area contributed by atoms with E-state index in [0.717, 1.165) is 5.56 Å². The first-order chi connectivity index (χ1) is 7.49. The molecule has 2 N–H and O–H groups in total. The summed E-state index contributed by atoms with van der Waals surface area (Å²) in [4.78, 5) is 12.7. The van der Waals surface area contributed by atoms with Crippen molar-refractivity contribution in [3.63, 3.8) is 0 Å². The van der Waals surface area contributed by atoms with E-state index in [-0.39, 0.29) is 6.10 Å². The molecule has 0 aromatic heterocycles. The van der Waals surface area contributed by atoms with Crippen molar-refractivity contribution in [1.29, 1.82) is 0 Å². The Hall–Kier alpha value is -1.39. The molecule has 88 valence electrons. The van der Waals surface area contributed by atoms with E-state index in [0.29, 0.717) is 18.7 Å². The molecule has 1 rings (SSSR count). The summed E-state index contributed by atoms with van der Waals surface area (Å²) in [5.41, 5.74) is 1.23. The zero-order chi connectivity index (χ0) is 12.1. The highest BCUT2D eigenvalue weighted by Gasteiger charge is 2.06. The molecule has 0 saturated carbocycles. The van der Waals surface area contributed by atoms with Crippen molar-refractivity contribution in [1.82, 2.24) is 4.90 Å². The highest BCUT2D eigenvalue weighted by molar-refractivity contribution is 5.87. The molecule has 0 heterocycles. The number of carboxylic acids is 1. The SMILES string of the molecule is CC(O)CN(C)Cc1cccc(C(=O)O)c1. The maximum atomic E-state index is 10.8. The van der Waals surface area contributed by atoms with Gasteiger partial charge in [-0.25, -0.2) is 4.79 Å². The number of aliphatic hydroxyl groups is 1. The number of hydrogen-bond donors (Lipinski definition) is 2. The van der Waals surface area contributed by atoms with E-state index >= 15 is 0 Å². The van der Waals surface area contributed by atoms with E-state index < -0.39 is 5.97 Å². The summed E-state index contributed by atoms with van der Waals surface area (Å²) in [6.45, 7) is 2.92. The van der Waals surface area contributed by atoms with Crippen LogP contribution >= 0.6 is 0 Å². The highest BCUT2D eigenvalue weighted by Crippen LogP contribution is 2.08. The lowest BCUT2D eigenvalue weighted by molar-refractivity contribution is 0.0696. The van der Waals surface area contributed by atoms with E-state index in [4.69, 9.17) is 5.11 Å². The number of carbonyl (C=O) groups is 1. The maximum Gasteiger partial charge on any atom is 0.335 e. The van der Waals surface area contributed by atoms with Crippen molar-refractivity contribution in [3.05, 3.63) is 35.4 Å². The molecule has 1 aromatic rings. The minimum atomic E-state index is -0.917. The first-order valence-corrected chi connectivity index (χ1v) is 5.18. The van der Waals surface area contributed by atoms with Gasteiger partial charge in [-0.1, -0.05) is 12.1 Å². The third-order valence-corrected chi connectivity index (χ3v) is 2.20. The van der Waals surface area contributed by atoms with Gasteiger partial charge in [0.05, 0.1) is 11.7 Å². The number of nitrogens with zero attached hydrogens (tertiary/aromatic N) is 1. The lowest BCUT2D eigenvalue weighted by atomic mass is 10.1. The van der Waals surface area contributed by atoms with Crippen LogP contribution in [0.2, 0.25) is 0 Å². The van der Waals surface area contributed by atoms with Gasteiger partial charge in [-0.15, -0.1) is 0 Å². The monoisotopic (exact) mass is 223 g/mol. The van der Waals surface area contributed by atoms with Gasteiger partial charge in [0.1, 0.15) is 0 Å². The molecule has 4 heteroatoms. The standard InChI is InChI=1S/C12H17NO3/c1-9(14)7-13(2)8-10-4-3-5-11(6-10)12(15)16/h3-6,9,14H,7-8H2,1-2H3,(H,15,16). The minimum Gasteiger partial charge on any atom is -0.478 e. The van der Waals surface area contributed by atoms with E-state index in [9.17, 15) is 9.90 Å². The number of likely N-dealkylation sites (N-methyl/N-ethyl adjacent to an activating group) is 1. The van der Waals surface area contributed by atoms with Crippen molar-refractivity contribution in [3.8, 4) is 0 Å². The third-order valence-electron chi connectivity index (χ3n) is 2.20. The molecule has 0 amide bonds. The molecule has 0 aliphatic heterocycles. The number of benzene rings is 1. The number of hydrogen-bond acceptors (Lipinski definition) is 3. The van der Waals surface area contributed by atoms with Crippen LogP contribution in [-0.2, 0) is 6.54 Å². The second-order valence-corrected chi connectivity index (χ2v) is 4.05. The zero-order valence-corrected chi connectivity index (χ0v) is 9.55. The molecular formula is C12H17NO3.